The summed E-state index contributed by atoms with van der Waals surface area (Å²) in [5.41, 5.74) is 9.45. The molecular formula is C23H17Cl2NO2S. The highest BCUT2D eigenvalue weighted by molar-refractivity contribution is 7.99. The SMILES string of the molecule is CCSc1cccc(-c2ccc3c(N)c(C(=O)c4ccc(Cl)cc4Cl)oc3c2)c1. The Hall–Kier alpha value is -2.40. The topological polar surface area (TPSA) is 56.2 Å². The first-order chi connectivity index (χ1) is 14.0. The molecule has 146 valence electrons. The Kier molecular flexibility index (Phi) is 5.59. The molecule has 4 rings (SSSR count). The molecule has 0 fully saturated rings. The number of furan rings is 1. The van der Waals surface area contributed by atoms with Crippen LogP contribution >= 0.6 is 35.0 Å². The van der Waals surface area contributed by atoms with Crippen LogP contribution in [0.2, 0.25) is 10.0 Å². The lowest BCUT2D eigenvalue weighted by atomic mass is 10.0. The average molecular weight is 442 g/mol. The minimum Gasteiger partial charge on any atom is -0.450 e. The van der Waals surface area contributed by atoms with Crippen molar-refractivity contribution in [2.45, 2.75) is 11.8 Å². The Labute approximate surface area is 182 Å². The van der Waals surface area contributed by atoms with Gasteiger partial charge in [0.05, 0.1) is 10.7 Å². The maximum absolute atomic E-state index is 12.9. The van der Waals surface area contributed by atoms with Crippen LogP contribution in [0.4, 0.5) is 5.69 Å². The molecule has 0 aliphatic heterocycles. The quantitative estimate of drug-likeness (QED) is 0.260. The molecule has 3 aromatic carbocycles. The number of hydrogen-bond acceptors (Lipinski definition) is 4. The number of fused-ring (bicyclic) bond motifs is 1. The number of ketones is 1. The van der Waals surface area contributed by atoms with Crippen molar-refractivity contribution in [3.63, 3.8) is 0 Å². The number of nitrogens with two attached hydrogens (primary N) is 1. The molecule has 0 amide bonds. The monoisotopic (exact) mass is 441 g/mol. The predicted octanol–water partition coefficient (Wildman–Crippen LogP) is 7.33. The van der Waals surface area contributed by atoms with Crippen LogP contribution in [0.15, 0.2) is 70.0 Å². The van der Waals surface area contributed by atoms with Gasteiger partial charge in [-0.05, 0) is 59.3 Å². The summed E-state index contributed by atoms with van der Waals surface area (Å²) in [5.74, 6) is 0.718. The van der Waals surface area contributed by atoms with Crippen molar-refractivity contribution < 1.29 is 9.21 Å². The molecule has 2 N–H and O–H groups in total. The van der Waals surface area contributed by atoms with Gasteiger partial charge in [0.25, 0.3) is 0 Å². The highest BCUT2D eigenvalue weighted by Gasteiger charge is 2.22. The molecular weight excluding hydrogens is 425 g/mol. The highest BCUT2D eigenvalue weighted by atomic mass is 35.5. The molecule has 29 heavy (non-hydrogen) atoms. The van der Waals surface area contributed by atoms with Gasteiger partial charge in [-0.2, -0.15) is 0 Å². The first-order valence-corrected chi connectivity index (χ1v) is 10.8. The molecule has 1 heterocycles. The smallest absolute Gasteiger partial charge is 0.231 e. The second-order valence-corrected chi connectivity index (χ2v) is 8.65. The lowest BCUT2D eigenvalue weighted by Gasteiger charge is -2.04. The first-order valence-electron chi connectivity index (χ1n) is 9.03. The zero-order valence-electron chi connectivity index (χ0n) is 15.5. The van der Waals surface area contributed by atoms with E-state index in [0.29, 0.717) is 27.2 Å². The molecule has 1 aromatic heterocycles. The van der Waals surface area contributed by atoms with Crippen molar-refractivity contribution in [3.05, 3.63) is 82.0 Å². The molecule has 0 bridgehead atoms. The predicted molar refractivity (Wildman–Crippen MR) is 122 cm³/mol. The number of carbonyl (C=O) groups is 1. The van der Waals surface area contributed by atoms with Crippen LogP contribution in [0, 0.1) is 0 Å². The minimum atomic E-state index is -0.372. The Bertz CT molecular complexity index is 1230. The molecule has 0 saturated heterocycles. The fourth-order valence-electron chi connectivity index (χ4n) is 3.19. The van der Waals surface area contributed by atoms with Gasteiger partial charge in [0.1, 0.15) is 5.58 Å². The van der Waals surface area contributed by atoms with Crippen molar-refractivity contribution >= 4 is 57.4 Å². The van der Waals surface area contributed by atoms with E-state index in [9.17, 15) is 4.79 Å². The number of hydrogen-bond donors (Lipinski definition) is 1. The summed E-state index contributed by atoms with van der Waals surface area (Å²) in [4.78, 5) is 14.1. The van der Waals surface area contributed by atoms with Crippen molar-refractivity contribution in [1.82, 2.24) is 0 Å². The lowest BCUT2D eigenvalue weighted by Crippen LogP contribution is -2.03. The molecule has 0 aliphatic carbocycles. The number of anilines is 1. The fourth-order valence-corrected chi connectivity index (χ4v) is 4.41. The van der Waals surface area contributed by atoms with Gasteiger partial charge in [0.15, 0.2) is 5.76 Å². The van der Waals surface area contributed by atoms with Gasteiger partial charge in [-0.25, -0.2) is 0 Å². The molecule has 0 unspecified atom stereocenters. The summed E-state index contributed by atoms with van der Waals surface area (Å²) >= 11 is 13.9. The van der Waals surface area contributed by atoms with Gasteiger partial charge in [-0.1, -0.05) is 48.3 Å². The molecule has 0 spiro atoms. The number of rotatable bonds is 5. The lowest BCUT2D eigenvalue weighted by molar-refractivity contribution is 0.101. The molecule has 3 nitrogen and oxygen atoms in total. The van der Waals surface area contributed by atoms with E-state index < -0.39 is 0 Å². The van der Waals surface area contributed by atoms with Gasteiger partial charge in [-0.3, -0.25) is 4.79 Å². The van der Waals surface area contributed by atoms with Gasteiger partial charge in [-0.15, -0.1) is 11.8 Å². The molecule has 0 aliphatic rings. The van der Waals surface area contributed by atoms with Crippen LogP contribution < -0.4 is 5.73 Å². The maximum atomic E-state index is 12.9. The van der Waals surface area contributed by atoms with Crippen LogP contribution in [0.25, 0.3) is 22.1 Å². The third-order valence-electron chi connectivity index (χ3n) is 4.59. The van der Waals surface area contributed by atoms with Crippen molar-refractivity contribution in [3.8, 4) is 11.1 Å². The maximum Gasteiger partial charge on any atom is 0.231 e. The molecule has 0 radical (unpaired) electrons. The van der Waals surface area contributed by atoms with Crippen LogP contribution in [0.1, 0.15) is 23.0 Å². The summed E-state index contributed by atoms with van der Waals surface area (Å²) in [6, 6.07) is 18.8. The number of halogens is 2. The van der Waals surface area contributed by atoms with Gasteiger partial charge in [0, 0.05) is 20.9 Å². The van der Waals surface area contributed by atoms with E-state index in [1.54, 1.807) is 23.9 Å². The Morgan fingerprint density at radius 1 is 1.03 bits per heavy atom. The van der Waals surface area contributed by atoms with Gasteiger partial charge in [0.2, 0.25) is 5.78 Å². The van der Waals surface area contributed by atoms with E-state index in [-0.39, 0.29) is 16.6 Å². The third-order valence-corrected chi connectivity index (χ3v) is 6.01. The number of carbonyl (C=O) groups excluding carboxylic acids is 1. The van der Waals surface area contributed by atoms with E-state index in [4.69, 9.17) is 33.4 Å². The summed E-state index contributed by atoms with van der Waals surface area (Å²) in [7, 11) is 0. The Balaban J connectivity index is 1.76. The van der Waals surface area contributed by atoms with E-state index >= 15 is 0 Å². The second-order valence-electron chi connectivity index (χ2n) is 6.47. The molecule has 0 atom stereocenters. The first kappa shape index (κ1) is 19.9. The van der Waals surface area contributed by atoms with E-state index in [2.05, 4.69) is 19.1 Å². The number of benzene rings is 3. The molecule has 4 aromatic rings. The average Bonchev–Trinajstić information content (AvgIpc) is 3.04. The summed E-state index contributed by atoms with van der Waals surface area (Å²) in [5, 5.41) is 1.41. The number of nitrogen functional groups attached to an aromatic ring is 1. The highest BCUT2D eigenvalue weighted by Crippen LogP contribution is 2.35. The summed E-state index contributed by atoms with van der Waals surface area (Å²) < 4.78 is 5.87. The van der Waals surface area contributed by atoms with Crippen molar-refractivity contribution in [2.24, 2.45) is 0 Å². The largest absolute Gasteiger partial charge is 0.450 e. The van der Waals surface area contributed by atoms with Gasteiger partial charge < -0.3 is 10.2 Å². The van der Waals surface area contributed by atoms with E-state index in [0.717, 1.165) is 16.9 Å². The molecule has 0 saturated carbocycles. The minimum absolute atomic E-state index is 0.0802. The van der Waals surface area contributed by atoms with E-state index in [1.165, 1.54) is 11.0 Å². The third kappa shape index (κ3) is 3.88. The second kappa shape index (κ2) is 8.15. The molecule has 6 heteroatoms. The van der Waals surface area contributed by atoms with Crippen molar-refractivity contribution in [2.75, 3.05) is 11.5 Å². The number of thioether (sulfide) groups is 1. The van der Waals surface area contributed by atoms with Gasteiger partial charge >= 0.3 is 0 Å². The van der Waals surface area contributed by atoms with Crippen LogP contribution in [-0.4, -0.2) is 11.5 Å². The summed E-state index contributed by atoms with van der Waals surface area (Å²) in [6.07, 6.45) is 0. The zero-order chi connectivity index (χ0) is 20.5. The standard InChI is InChI=1S/C23H17Cl2NO2S/c1-2-29-16-5-3-4-13(10-16)14-6-8-18-20(11-14)28-23(21(18)26)22(27)17-9-7-15(24)12-19(17)25/h3-12H,2,26H2,1H3. The van der Waals surface area contributed by atoms with E-state index in [1.807, 2.05) is 30.3 Å². The summed E-state index contributed by atoms with van der Waals surface area (Å²) in [6.45, 7) is 2.13. The van der Waals surface area contributed by atoms with Crippen LogP contribution in [0.3, 0.4) is 0 Å². The Morgan fingerprint density at radius 2 is 1.83 bits per heavy atom. The zero-order valence-corrected chi connectivity index (χ0v) is 17.9. The van der Waals surface area contributed by atoms with Crippen LogP contribution in [0.5, 0.6) is 0 Å². The normalized spacial score (nSPS) is 11.1. The Morgan fingerprint density at radius 3 is 2.59 bits per heavy atom. The fraction of sp³-hybridized carbons (Fsp3) is 0.0870. The van der Waals surface area contributed by atoms with Crippen LogP contribution in [-0.2, 0) is 0 Å². The van der Waals surface area contributed by atoms with Crippen molar-refractivity contribution in [1.29, 1.82) is 0 Å².